The topological polar surface area (TPSA) is 40.2 Å². The van der Waals surface area contributed by atoms with Crippen LogP contribution in [0.5, 0.6) is 0 Å². The van der Waals surface area contributed by atoms with Gasteiger partial charge in [-0.25, -0.2) is 0 Å². The maximum atomic E-state index is 6.21. The van der Waals surface area contributed by atoms with Crippen molar-refractivity contribution in [1.29, 1.82) is 0 Å². The van der Waals surface area contributed by atoms with Gasteiger partial charge in [0.25, 0.3) is 0 Å². The molecule has 0 amide bonds. The highest BCUT2D eigenvalue weighted by Crippen LogP contribution is 2.45. The molecule has 2 aliphatic heterocycles. The summed E-state index contributed by atoms with van der Waals surface area (Å²) in [6, 6.07) is 1.40. The van der Waals surface area contributed by atoms with Crippen LogP contribution in [0.25, 0.3) is 0 Å². The Bertz CT molecular complexity index is 321. The molecule has 2 saturated heterocycles. The second kappa shape index (κ2) is 7.52. The van der Waals surface area contributed by atoms with E-state index in [4.69, 9.17) is 18.3 Å². The number of hydrogen-bond donors (Lipinski definition) is 0. The van der Waals surface area contributed by atoms with E-state index in [1.165, 1.54) is 0 Å². The van der Waals surface area contributed by atoms with E-state index < -0.39 is 8.56 Å². The molecule has 2 heterocycles. The Kier molecular flexibility index (Phi) is 6.22. The van der Waals surface area contributed by atoms with Crippen LogP contribution in [-0.2, 0) is 18.3 Å². The zero-order valence-corrected chi connectivity index (χ0v) is 15.0. The molecule has 0 spiro atoms. The fourth-order valence-electron chi connectivity index (χ4n) is 4.35. The van der Waals surface area contributed by atoms with E-state index in [2.05, 4.69) is 11.8 Å². The Labute approximate surface area is 130 Å². The van der Waals surface area contributed by atoms with Gasteiger partial charge in [0.1, 0.15) is 5.22 Å². The van der Waals surface area contributed by atoms with E-state index >= 15 is 0 Å². The van der Waals surface area contributed by atoms with Gasteiger partial charge >= 0.3 is 8.56 Å². The number of nitrogens with zero attached hydrogens (tertiary/aromatic N) is 1. The normalized spacial score (nSPS) is 34.0. The molecule has 0 aliphatic carbocycles. The van der Waals surface area contributed by atoms with Crippen LogP contribution in [0.4, 0.5) is 0 Å². The Morgan fingerprint density at radius 3 is 2.38 bits per heavy atom. The minimum atomic E-state index is -2.38. The third kappa shape index (κ3) is 2.94. The maximum absolute atomic E-state index is 6.21. The Morgan fingerprint density at radius 2 is 1.86 bits per heavy atom. The second-order valence-electron chi connectivity index (χ2n) is 6.06. The molecule has 5 nitrogen and oxygen atoms in total. The van der Waals surface area contributed by atoms with Gasteiger partial charge in [0.15, 0.2) is 0 Å². The number of methoxy groups -OCH3 is 1. The lowest BCUT2D eigenvalue weighted by molar-refractivity contribution is -0.0940. The van der Waals surface area contributed by atoms with Crippen molar-refractivity contribution in [2.45, 2.75) is 49.9 Å². The van der Waals surface area contributed by atoms with Gasteiger partial charge in [-0.3, -0.25) is 4.90 Å². The van der Waals surface area contributed by atoms with Gasteiger partial charge in [0.05, 0.1) is 13.2 Å². The Morgan fingerprint density at radius 1 is 1.19 bits per heavy atom. The van der Waals surface area contributed by atoms with E-state index in [-0.39, 0.29) is 5.22 Å². The average molecular weight is 318 g/mol. The first-order valence-corrected chi connectivity index (χ1v) is 10.2. The van der Waals surface area contributed by atoms with Gasteiger partial charge in [0, 0.05) is 40.5 Å². The molecule has 124 valence electrons. The van der Waals surface area contributed by atoms with Crippen LogP contribution >= 0.6 is 0 Å². The van der Waals surface area contributed by atoms with Crippen LogP contribution in [-0.4, -0.2) is 72.4 Å². The summed E-state index contributed by atoms with van der Waals surface area (Å²) in [5, 5.41) is -0.277. The molecule has 2 fully saturated rings. The summed E-state index contributed by atoms with van der Waals surface area (Å²) in [4.78, 5) is 2.54. The van der Waals surface area contributed by atoms with Crippen LogP contribution in [0.3, 0.4) is 0 Å². The Hall–Kier alpha value is 0.0169. The zero-order chi connectivity index (χ0) is 15.3. The fraction of sp³-hybridized carbons (Fsp3) is 1.00. The van der Waals surface area contributed by atoms with Crippen LogP contribution < -0.4 is 0 Å². The van der Waals surface area contributed by atoms with Crippen molar-refractivity contribution in [1.82, 2.24) is 4.90 Å². The summed E-state index contributed by atoms with van der Waals surface area (Å²) >= 11 is 0. The molecule has 6 heteroatoms. The molecule has 2 rings (SSSR count). The molecular formula is C15H31NO4Si. The maximum Gasteiger partial charge on any atom is 0.372 e. The van der Waals surface area contributed by atoms with Crippen molar-refractivity contribution in [2.75, 3.05) is 47.6 Å². The lowest BCUT2D eigenvalue weighted by Crippen LogP contribution is -2.74. The number of hydrogen-bond acceptors (Lipinski definition) is 5. The standard InChI is InChI=1S/C15H31NO4Si/c1-5-8-15(17-2)14(16-9-11-20-12-10-16)7-6-13-21(15,18-3)19-4/h14H,5-13H2,1-4H3. The first-order valence-electron chi connectivity index (χ1n) is 8.17. The van der Waals surface area contributed by atoms with Crippen LogP contribution in [0.15, 0.2) is 0 Å². The fourth-order valence-corrected chi connectivity index (χ4v) is 8.48. The third-order valence-electron chi connectivity index (χ3n) is 5.30. The van der Waals surface area contributed by atoms with Crippen molar-refractivity contribution in [2.24, 2.45) is 0 Å². The Balaban J connectivity index is 2.35. The zero-order valence-electron chi connectivity index (χ0n) is 14.0. The summed E-state index contributed by atoms with van der Waals surface area (Å²) in [6.45, 7) is 5.82. The number of rotatable bonds is 6. The van der Waals surface area contributed by atoms with Crippen LogP contribution in [0.2, 0.25) is 6.04 Å². The molecule has 2 atom stereocenters. The highest BCUT2D eigenvalue weighted by atomic mass is 28.4. The summed E-state index contributed by atoms with van der Waals surface area (Å²) in [6.07, 6.45) is 4.40. The monoisotopic (exact) mass is 317 g/mol. The lowest BCUT2D eigenvalue weighted by atomic mass is 9.97. The van der Waals surface area contributed by atoms with Crippen molar-refractivity contribution in [3.8, 4) is 0 Å². The molecule has 2 unspecified atom stereocenters. The van der Waals surface area contributed by atoms with Crippen molar-refractivity contribution >= 4 is 8.56 Å². The molecule has 0 radical (unpaired) electrons. The molecule has 0 aromatic rings. The third-order valence-corrected chi connectivity index (χ3v) is 9.71. The van der Waals surface area contributed by atoms with E-state index in [1.54, 1.807) is 14.2 Å². The first kappa shape index (κ1) is 17.4. The first-order chi connectivity index (χ1) is 10.2. The highest BCUT2D eigenvalue weighted by molar-refractivity contribution is 6.71. The smallest absolute Gasteiger partial charge is 0.372 e. The van der Waals surface area contributed by atoms with Crippen molar-refractivity contribution in [3.05, 3.63) is 0 Å². The van der Waals surface area contributed by atoms with E-state index in [9.17, 15) is 0 Å². The van der Waals surface area contributed by atoms with Crippen LogP contribution in [0, 0.1) is 0 Å². The van der Waals surface area contributed by atoms with Crippen molar-refractivity contribution < 1.29 is 18.3 Å². The van der Waals surface area contributed by atoms with E-state index in [0.29, 0.717) is 6.04 Å². The average Bonchev–Trinajstić information content (AvgIpc) is 2.56. The SMILES string of the molecule is CCCC1(OC)C(N2CCOCC2)CCC[Si]1(OC)OC. The van der Waals surface area contributed by atoms with Gasteiger partial charge in [-0.05, 0) is 25.3 Å². The summed E-state index contributed by atoms with van der Waals surface area (Å²) in [7, 11) is 3.07. The minimum absolute atomic E-state index is 0.277. The summed E-state index contributed by atoms with van der Waals surface area (Å²) in [5.74, 6) is 0. The summed E-state index contributed by atoms with van der Waals surface area (Å²) < 4.78 is 23.8. The van der Waals surface area contributed by atoms with Gasteiger partial charge < -0.3 is 18.3 Å². The van der Waals surface area contributed by atoms with E-state index in [0.717, 1.165) is 58.0 Å². The highest BCUT2D eigenvalue weighted by Gasteiger charge is 2.64. The molecule has 0 saturated carbocycles. The quantitative estimate of drug-likeness (QED) is 0.700. The predicted molar refractivity (Wildman–Crippen MR) is 84.6 cm³/mol. The molecule has 21 heavy (non-hydrogen) atoms. The second-order valence-corrected chi connectivity index (χ2v) is 9.73. The van der Waals surface area contributed by atoms with Gasteiger partial charge in [-0.15, -0.1) is 0 Å². The largest absolute Gasteiger partial charge is 0.396 e. The molecule has 0 aromatic carbocycles. The molecule has 2 aliphatic rings. The number of ether oxygens (including phenoxy) is 2. The lowest BCUT2D eigenvalue weighted by Gasteiger charge is -2.55. The van der Waals surface area contributed by atoms with Crippen molar-refractivity contribution in [3.63, 3.8) is 0 Å². The van der Waals surface area contributed by atoms with Crippen LogP contribution in [0.1, 0.15) is 32.6 Å². The van der Waals surface area contributed by atoms with E-state index in [1.807, 2.05) is 7.11 Å². The molecule has 0 bridgehead atoms. The molecule has 0 N–H and O–H groups in total. The van der Waals surface area contributed by atoms with Gasteiger partial charge in [0.2, 0.25) is 0 Å². The minimum Gasteiger partial charge on any atom is -0.396 e. The molecular weight excluding hydrogens is 286 g/mol. The van der Waals surface area contributed by atoms with Gasteiger partial charge in [-0.1, -0.05) is 13.3 Å². The van der Waals surface area contributed by atoms with Gasteiger partial charge in [-0.2, -0.15) is 0 Å². The predicted octanol–water partition coefficient (Wildman–Crippen LogP) is 1.94. The summed E-state index contributed by atoms with van der Waals surface area (Å²) in [5.41, 5.74) is 0. The number of morpholine rings is 1. The molecule has 0 aromatic heterocycles.